The van der Waals surface area contributed by atoms with E-state index in [1.165, 1.54) is 0 Å². The zero-order valence-corrected chi connectivity index (χ0v) is 13.2. The summed E-state index contributed by atoms with van der Waals surface area (Å²) in [6.45, 7) is 7.39. The molecule has 0 radical (unpaired) electrons. The first-order chi connectivity index (χ1) is 9.87. The quantitative estimate of drug-likeness (QED) is 0.807. The molecular formula is C15H28N4O2. The Kier molecular flexibility index (Phi) is 5.08. The average Bonchev–Trinajstić information content (AvgIpc) is 2.97. The van der Waals surface area contributed by atoms with Gasteiger partial charge >= 0.3 is 6.03 Å². The molecule has 2 heterocycles. The van der Waals surface area contributed by atoms with E-state index in [1.807, 2.05) is 23.6 Å². The van der Waals surface area contributed by atoms with Crippen molar-refractivity contribution in [2.75, 3.05) is 32.7 Å². The fourth-order valence-electron chi connectivity index (χ4n) is 2.90. The normalized spacial score (nSPS) is 20.7. The second-order valence-electron chi connectivity index (χ2n) is 6.94. The number of amides is 3. The van der Waals surface area contributed by atoms with Crippen LogP contribution in [0.3, 0.4) is 0 Å². The Labute approximate surface area is 127 Å². The van der Waals surface area contributed by atoms with Gasteiger partial charge in [0.05, 0.1) is 0 Å². The number of likely N-dealkylation sites (tertiary alicyclic amines) is 2. The number of nitrogens with two attached hydrogens (primary N) is 1. The smallest absolute Gasteiger partial charge is 0.319 e. The summed E-state index contributed by atoms with van der Waals surface area (Å²) < 4.78 is 0. The van der Waals surface area contributed by atoms with E-state index >= 15 is 0 Å². The maximum Gasteiger partial charge on any atom is 0.319 e. The van der Waals surface area contributed by atoms with E-state index in [9.17, 15) is 9.59 Å². The summed E-state index contributed by atoms with van der Waals surface area (Å²) in [7, 11) is 0. The Bertz CT molecular complexity index is 378. The largest absolute Gasteiger partial charge is 0.354 e. The highest BCUT2D eigenvalue weighted by Gasteiger charge is 2.30. The van der Waals surface area contributed by atoms with Crippen molar-refractivity contribution in [1.82, 2.24) is 15.1 Å². The van der Waals surface area contributed by atoms with Crippen LogP contribution < -0.4 is 11.1 Å². The SMILES string of the molecule is CC(C)(N)CNC(=O)C1CCN(C(=O)N2CCCC2)CC1. The molecule has 3 N–H and O–H groups in total. The van der Waals surface area contributed by atoms with Gasteiger partial charge in [-0.2, -0.15) is 0 Å². The molecule has 0 unspecified atom stereocenters. The predicted molar refractivity (Wildman–Crippen MR) is 81.8 cm³/mol. The second kappa shape index (κ2) is 6.64. The van der Waals surface area contributed by atoms with Gasteiger partial charge in [0.15, 0.2) is 0 Å². The lowest BCUT2D eigenvalue weighted by Gasteiger charge is -2.34. The molecule has 0 saturated carbocycles. The van der Waals surface area contributed by atoms with E-state index in [0.29, 0.717) is 19.6 Å². The van der Waals surface area contributed by atoms with Gasteiger partial charge in [0.2, 0.25) is 5.91 Å². The average molecular weight is 296 g/mol. The van der Waals surface area contributed by atoms with E-state index in [-0.39, 0.29) is 23.4 Å². The first-order valence-corrected chi connectivity index (χ1v) is 7.97. The third-order valence-corrected chi connectivity index (χ3v) is 4.23. The summed E-state index contributed by atoms with van der Waals surface area (Å²) in [5, 5.41) is 2.91. The monoisotopic (exact) mass is 296 g/mol. The molecular weight excluding hydrogens is 268 g/mol. The number of nitrogens with zero attached hydrogens (tertiary/aromatic N) is 2. The summed E-state index contributed by atoms with van der Waals surface area (Å²) in [5.74, 6) is 0.0803. The summed E-state index contributed by atoms with van der Waals surface area (Å²) >= 11 is 0. The number of nitrogens with one attached hydrogen (secondary N) is 1. The van der Waals surface area contributed by atoms with E-state index in [2.05, 4.69) is 5.32 Å². The molecule has 0 atom stereocenters. The van der Waals surface area contributed by atoms with Crippen LogP contribution in [0.25, 0.3) is 0 Å². The third kappa shape index (κ3) is 4.59. The maximum atomic E-state index is 12.3. The molecule has 0 aromatic carbocycles. The third-order valence-electron chi connectivity index (χ3n) is 4.23. The van der Waals surface area contributed by atoms with Crippen LogP contribution in [0.2, 0.25) is 0 Å². The number of carbonyl (C=O) groups excluding carboxylic acids is 2. The summed E-state index contributed by atoms with van der Waals surface area (Å²) in [5.41, 5.74) is 5.48. The second-order valence-corrected chi connectivity index (χ2v) is 6.94. The van der Waals surface area contributed by atoms with Gasteiger partial charge in [0.25, 0.3) is 0 Å². The van der Waals surface area contributed by atoms with E-state index in [4.69, 9.17) is 5.73 Å². The van der Waals surface area contributed by atoms with Gasteiger partial charge in [-0.25, -0.2) is 4.79 Å². The molecule has 0 aromatic rings. The van der Waals surface area contributed by atoms with Crippen molar-refractivity contribution >= 4 is 11.9 Å². The minimum atomic E-state index is -0.387. The van der Waals surface area contributed by atoms with Crippen LogP contribution in [0.1, 0.15) is 39.5 Å². The molecule has 0 spiro atoms. The van der Waals surface area contributed by atoms with E-state index in [1.54, 1.807) is 0 Å². The zero-order chi connectivity index (χ0) is 15.5. The Morgan fingerprint density at radius 3 is 2.14 bits per heavy atom. The van der Waals surface area contributed by atoms with Crippen LogP contribution in [0, 0.1) is 5.92 Å². The molecule has 0 aliphatic carbocycles. The van der Waals surface area contributed by atoms with Crippen molar-refractivity contribution in [3.05, 3.63) is 0 Å². The van der Waals surface area contributed by atoms with Crippen LogP contribution in [0.15, 0.2) is 0 Å². The molecule has 2 saturated heterocycles. The molecule has 2 aliphatic rings. The first-order valence-electron chi connectivity index (χ1n) is 7.97. The summed E-state index contributed by atoms with van der Waals surface area (Å²) in [6.07, 6.45) is 3.71. The summed E-state index contributed by atoms with van der Waals surface area (Å²) in [4.78, 5) is 28.2. The topological polar surface area (TPSA) is 78.7 Å². The molecule has 120 valence electrons. The number of hydrogen-bond acceptors (Lipinski definition) is 3. The fraction of sp³-hybridized carbons (Fsp3) is 0.867. The van der Waals surface area contributed by atoms with Crippen molar-refractivity contribution in [2.45, 2.75) is 45.1 Å². The van der Waals surface area contributed by atoms with Crippen LogP contribution in [-0.2, 0) is 4.79 Å². The van der Waals surface area contributed by atoms with Gasteiger partial charge in [0.1, 0.15) is 0 Å². The van der Waals surface area contributed by atoms with E-state index in [0.717, 1.165) is 38.8 Å². The van der Waals surface area contributed by atoms with Gasteiger partial charge < -0.3 is 20.9 Å². The maximum absolute atomic E-state index is 12.3. The first kappa shape index (κ1) is 16.1. The van der Waals surface area contributed by atoms with Crippen LogP contribution in [-0.4, -0.2) is 60.0 Å². The Morgan fingerprint density at radius 1 is 1.10 bits per heavy atom. The van der Waals surface area contributed by atoms with Crippen LogP contribution in [0.5, 0.6) is 0 Å². The highest BCUT2D eigenvalue weighted by atomic mass is 16.2. The lowest BCUT2D eigenvalue weighted by Crippen LogP contribution is -2.50. The molecule has 2 rings (SSSR count). The number of urea groups is 1. The molecule has 21 heavy (non-hydrogen) atoms. The Balaban J connectivity index is 1.74. The van der Waals surface area contributed by atoms with Gasteiger partial charge in [-0.15, -0.1) is 0 Å². The molecule has 0 aromatic heterocycles. The van der Waals surface area contributed by atoms with Gasteiger partial charge in [-0.05, 0) is 39.5 Å². The van der Waals surface area contributed by atoms with E-state index < -0.39 is 0 Å². The minimum Gasteiger partial charge on any atom is -0.354 e. The van der Waals surface area contributed by atoms with Crippen molar-refractivity contribution in [3.63, 3.8) is 0 Å². The molecule has 6 heteroatoms. The number of rotatable bonds is 3. The van der Waals surface area contributed by atoms with Crippen LogP contribution in [0.4, 0.5) is 4.79 Å². The van der Waals surface area contributed by atoms with Crippen molar-refractivity contribution in [3.8, 4) is 0 Å². The molecule has 3 amide bonds. The van der Waals surface area contributed by atoms with Crippen molar-refractivity contribution in [1.29, 1.82) is 0 Å². The van der Waals surface area contributed by atoms with Crippen molar-refractivity contribution in [2.24, 2.45) is 11.7 Å². The highest BCUT2D eigenvalue weighted by Crippen LogP contribution is 2.20. The zero-order valence-electron chi connectivity index (χ0n) is 13.2. The number of piperidine rings is 1. The lowest BCUT2D eigenvalue weighted by atomic mass is 9.95. The Hall–Kier alpha value is -1.30. The summed E-state index contributed by atoms with van der Waals surface area (Å²) in [6, 6.07) is 0.148. The van der Waals surface area contributed by atoms with Gasteiger partial charge in [-0.3, -0.25) is 4.79 Å². The van der Waals surface area contributed by atoms with Crippen LogP contribution >= 0.6 is 0 Å². The predicted octanol–water partition coefficient (Wildman–Crippen LogP) is 0.768. The standard InChI is InChI=1S/C15H28N4O2/c1-15(2,16)11-17-13(20)12-5-9-19(10-6-12)14(21)18-7-3-4-8-18/h12H,3-11,16H2,1-2H3,(H,17,20). The Morgan fingerprint density at radius 2 is 1.62 bits per heavy atom. The lowest BCUT2D eigenvalue weighted by molar-refractivity contribution is -0.126. The minimum absolute atomic E-state index is 0.00924. The fourth-order valence-corrected chi connectivity index (χ4v) is 2.90. The van der Waals surface area contributed by atoms with Gasteiger partial charge in [-0.1, -0.05) is 0 Å². The van der Waals surface area contributed by atoms with Gasteiger partial charge in [0, 0.05) is 44.2 Å². The van der Waals surface area contributed by atoms with Crippen molar-refractivity contribution < 1.29 is 9.59 Å². The number of hydrogen-bond donors (Lipinski definition) is 2. The molecule has 0 bridgehead atoms. The highest BCUT2D eigenvalue weighted by molar-refractivity contribution is 5.79. The number of carbonyl (C=O) groups is 2. The molecule has 2 fully saturated rings. The molecule has 6 nitrogen and oxygen atoms in total. The molecule has 2 aliphatic heterocycles.